The molecule has 6 heteroatoms. The van der Waals surface area contributed by atoms with Crippen molar-refractivity contribution in [3.63, 3.8) is 0 Å². The monoisotopic (exact) mass is 358 g/mol. The van der Waals surface area contributed by atoms with Crippen LogP contribution in [0.15, 0.2) is 39.7 Å². The predicted molar refractivity (Wildman–Crippen MR) is 105 cm³/mol. The van der Waals surface area contributed by atoms with Crippen LogP contribution in [0.3, 0.4) is 0 Å². The van der Waals surface area contributed by atoms with E-state index in [1.807, 2.05) is 32.3 Å². The minimum Gasteiger partial charge on any atom is -0.459 e. The third-order valence-electron chi connectivity index (χ3n) is 4.98. The molecule has 1 aromatic heterocycles. The second-order valence-corrected chi connectivity index (χ2v) is 7.05. The number of nitrogens with zero attached hydrogens (tertiary/aromatic N) is 3. The highest BCUT2D eigenvalue weighted by Crippen LogP contribution is 2.19. The maximum atomic E-state index is 5.92. The van der Waals surface area contributed by atoms with E-state index in [2.05, 4.69) is 46.1 Å². The number of hydrogen-bond acceptors (Lipinski definition) is 4. The number of para-hydroxylation sites is 1. The second-order valence-electron chi connectivity index (χ2n) is 7.05. The Morgan fingerprint density at radius 3 is 2.96 bits per heavy atom. The summed E-state index contributed by atoms with van der Waals surface area (Å²) < 4.78 is 11.5. The highest BCUT2D eigenvalue weighted by molar-refractivity contribution is 5.80. The van der Waals surface area contributed by atoms with Crippen LogP contribution in [0.25, 0.3) is 11.0 Å². The van der Waals surface area contributed by atoms with Gasteiger partial charge in [0.2, 0.25) is 0 Å². The van der Waals surface area contributed by atoms with Gasteiger partial charge in [0.05, 0.1) is 19.8 Å². The standard InChI is InChI=1S/C20H30N4O2/c1-15(24-9-10-25-14-16(24)2)12-22-20(21-3)23(4)13-18-11-17-7-5-6-8-19(17)26-18/h5-8,11,15-16H,9-10,12-14H2,1-4H3,(H,21,22). The zero-order valence-electron chi connectivity index (χ0n) is 16.2. The molecule has 0 saturated carbocycles. The van der Waals surface area contributed by atoms with Gasteiger partial charge in [-0.25, -0.2) is 0 Å². The van der Waals surface area contributed by atoms with E-state index < -0.39 is 0 Å². The van der Waals surface area contributed by atoms with Gasteiger partial charge in [0, 0.05) is 44.7 Å². The Hall–Kier alpha value is -2.05. The lowest BCUT2D eigenvalue weighted by atomic mass is 10.2. The maximum absolute atomic E-state index is 5.92. The lowest BCUT2D eigenvalue weighted by Gasteiger charge is -2.38. The first-order valence-electron chi connectivity index (χ1n) is 9.31. The van der Waals surface area contributed by atoms with Crippen LogP contribution in [-0.4, -0.2) is 68.2 Å². The predicted octanol–water partition coefficient (Wildman–Crippen LogP) is 2.55. The molecule has 0 radical (unpaired) electrons. The molecule has 0 aliphatic carbocycles. The normalized spacial score (nSPS) is 20.3. The average molecular weight is 358 g/mol. The fourth-order valence-corrected chi connectivity index (χ4v) is 3.56. The highest BCUT2D eigenvalue weighted by Gasteiger charge is 2.24. The quantitative estimate of drug-likeness (QED) is 0.658. The van der Waals surface area contributed by atoms with Crippen molar-refractivity contribution >= 4 is 16.9 Å². The molecule has 142 valence electrons. The van der Waals surface area contributed by atoms with Gasteiger partial charge < -0.3 is 19.4 Å². The highest BCUT2D eigenvalue weighted by atomic mass is 16.5. The smallest absolute Gasteiger partial charge is 0.193 e. The molecule has 2 aromatic rings. The van der Waals surface area contributed by atoms with Crippen LogP contribution >= 0.6 is 0 Å². The van der Waals surface area contributed by atoms with Crippen molar-refractivity contribution < 1.29 is 9.15 Å². The van der Waals surface area contributed by atoms with E-state index in [1.54, 1.807) is 0 Å². The molecule has 1 saturated heterocycles. The second kappa shape index (κ2) is 8.56. The molecule has 1 fully saturated rings. The van der Waals surface area contributed by atoms with Crippen LogP contribution in [0, 0.1) is 0 Å². The fourth-order valence-electron chi connectivity index (χ4n) is 3.56. The molecule has 1 aliphatic heterocycles. The maximum Gasteiger partial charge on any atom is 0.193 e. The van der Waals surface area contributed by atoms with E-state index >= 15 is 0 Å². The van der Waals surface area contributed by atoms with E-state index in [4.69, 9.17) is 9.15 Å². The minimum absolute atomic E-state index is 0.422. The number of rotatable bonds is 5. The zero-order chi connectivity index (χ0) is 18.5. The molecule has 2 unspecified atom stereocenters. The third kappa shape index (κ3) is 4.37. The van der Waals surface area contributed by atoms with Crippen molar-refractivity contribution in [3.05, 3.63) is 36.1 Å². The molecule has 26 heavy (non-hydrogen) atoms. The Morgan fingerprint density at radius 1 is 1.42 bits per heavy atom. The zero-order valence-corrected chi connectivity index (χ0v) is 16.2. The SMILES string of the molecule is CN=C(NCC(C)N1CCOCC1C)N(C)Cc1cc2ccccc2o1. The fraction of sp³-hybridized carbons (Fsp3) is 0.550. The van der Waals surface area contributed by atoms with Gasteiger partial charge >= 0.3 is 0 Å². The Morgan fingerprint density at radius 2 is 2.23 bits per heavy atom. The Balaban J connectivity index is 1.55. The molecule has 1 aliphatic rings. The van der Waals surface area contributed by atoms with Gasteiger partial charge in [0.15, 0.2) is 5.96 Å². The number of morpholine rings is 1. The first kappa shape index (κ1) is 18.7. The Kier molecular flexibility index (Phi) is 6.16. The van der Waals surface area contributed by atoms with Crippen LogP contribution in [0.2, 0.25) is 0 Å². The number of aliphatic imine (C=N–C) groups is 1. The van der Waals surface area contributed by atoms with Crippen LogP contribution in [0.5, 0.6) is 0 Å². The molecule has 2 heterocycles. The number of nitrogens with one attached hydrogen (secondary N) is 1. The first-order chi connectivity index (χ1) is 12.6. The summed E-state index contributed by atoms with van der Waals surface area (Å²) in [4.78, 5) is 9.00. The Labute approximate surface area is 155 Å². The molecular weight excluding hydrogens is 328 g/mol. The topological polar surface area (TPSA) is 53.2 Å². The van der Waals surface area contributed by atoms with Crippen LogP contribution < -0.4 is 5.32 Å². The number of hydrogen-bond donors (Lipinski definition) is 1. The number of fused-ring (bicyclic) bond motifs is 1. The van der Waals surface area contributed by atoms with Crippen molar-refractivity contribution in [1.29, 1.82) is 0 Å². The summed E-state index contributed by atoms with van der Waals surface area (Å²) in [6, 6.07) is 11.1. The molecule has 6 nitrogen and oxygen atoms in total. The van der Waals surface area contributed by atoms with Crippen molar-refractivity contribution in [2.24, 2.45) is 4.99 Å². The van der Waals surface area contributed by atoms with E-state index in [9.17, 15) is 0 Å². The summed E-state index contributed by atoms with van der Waals surface area (Å²) in [6.07, 6.45) is 0. The minimum atomic E-state index is 0.422. The molecular formula is C20H30N4O2. The number of guanidine groups is 1. The van der Waals surface area contributed by atoms with E-state index in [-0.39, 0.29) is 0 Å². The van der Waals surface area contributed by atoms with Gasteiger partial charge in [-0.1, -0.05) is 18.2 Å². The Bertz CT molecular complexity index is 709. The first-order valence-corrected chi connectivity index (χ1v) is 9.31. The number of furan rings is 1. The lowest BCUT2D eigenvalue weighted by Crippen LogP contribution is -2.53. The van der Waals surface area contributed by atoms with Crippen LogP contribution in [0.1, 0.15) is 19.6 Å². The van der Waals surface area contributed by atoms with Gasteiger partial charge in [-0.05, 0) is 26.0 Å². The van der Waals surface area contributed by atoms with E-state index in [0.29, 0.717) is 18.6 Å². The van der Waals surface area contributed by atoms with E-state index in [1.165, 1.54) is 0 Å². The summed E-state index contributed by atoms with van der Waals surface area (Å²) >= 11 is 0. The van der Waals surface area contributed by atoms with Gasteiger partial charge in [-0.2, -0.15) is 0 Å². The summed E-state index contributed by atoms with van der Waals surface area (Å²) in [5, 5.41) is 4.63. The van der Waals surface area contributed by atoms with Crippen molar-refractivity contribution in [2.75, 3.05) is 40.4 Å². The summed E-state index contributed by atoms with van der Waals surface area (Å²) in [7, 11) is 3.85. The summed E-state index contributed by atoms with van der Waals surface area (Å²) in [6.45, 7) is 8.61. The molecule has 1 N–H and O–H groups in total. The number of benzene rings is 1. The summed E-state index contributed by atoms with van der Waals surface area (Å²) in [5.74, 6) is 1.81. The van der Waals surface area contributed by atoms with Crippen LogP contribution in [-0.2, 0) is 11.3 Å². The van der Waals surface area contributed by atoms with Gasteiger partial charge in [-0.3, -0.25) is 9.89 Å². The van der Waals surface area contributed by atoms with E-state index in [0.717, 1.165) is 49.0 Å². The molecule has 2 atom stereocenters. The third-order valence-corrected chi connectivity index (χ3v) is 4.98. The molecule has 3 rings (SSSR count). The molecule has 0 amide bonds. The summed E-state index contributed by atoms with van der Waals surface area (Å²) in [5.41, 5.74) is 0.925. The van der Waals surface area contributed by atoms with Gasteiger partial charge in [-0.15, -0.1) is 0 Å². The van der Waals surface area contributed by atoms with Gasteiger partial charge in [0.25, 0.3) is 0 Å². The van der Waals surface area contributed by atoms with Crippen molar-refractivity contribution in [1.82, 2.24) is 15.1 Å². The average Bonchev–Trinajstić information content (AvgIpc) is 3.04. The number of ether oxygens (including phenoxy) is 1. The van der Waals surface area contributed by atoms with Crippen molar-refractivity contribution in [3.8, 4) is 0 Å². The largest absolute Gasteiger partial charge is 0.459 e. The molecule has 0 bridgehead atoms. The van der Waals surface area contributed by atoms with Crippen LogP contribution in [0.4, 0.5) is 0 Å². The van der Waals surface area contributed by atoms with Crippen molar-refractivity contribution in [2.45, 2.75) is 32.5 Å². The molecule has 0 spiro atoms. The molecule has 1 aromatic carbocycles. The van der Waals surface area contributed by atoms with Gasteiger partial charge in [0.1, 0.15) is 11.3 Å². The lowest BCUT2D eigenvalue weighted by molar-refractivity contribution is -0.0175.